The third kappa shape index (κ3) is 2.22. The van der Waals surface area contributed by atoms with E-state index in [2.05, 4.69) is 0 Å². The molecule has 114 valence electrons. The van der Waals surface area contributed by atoms with Gasteiger partial charge in [-0.15, -0.1) is 11.3 Å². The topological polar surface area (TPSA) is 33.5 Å². The highest BCUT2D eigenvalue weighted by Crippen LogP contribution is 2.38. The summed E-state index contributed by atoms with van der Waals surface area (Å²) in [4.78, 5) is 14.1. The molecule has 0 saturated heterocycles. The van der Waals surface area contributed by atoms with Gasteiger partial charge < -0.3 is 9.32 Å². The van der Waals surface area contributed by atoms with Crippen LogP contribution in [0.3, 0.4) is 0 Å². The Bertz CT molecular complexity index is 1070. The molecule has 4 aromatic rings. The number of thiophene rings is 1. The lowest BCUT2D eigenvalue weighted by atomic mass is 10.1. The van der Waals surface area contributed by atoms with Crippen LogP contribution in [0.15, 0.2) is 63.1 Å². The number of nitrogens with zero attached hydrogens (tertiary/aromatic N) is 1. The molecule has 4 rings (SSSR count). The Balaban J connectivity index is 2.09. The standard InChI is InChI=1S/C18H12ClNO2S/c1-20(11-5-3-2-4-6-11)16-13-7-8-14-12(9-10-23-14)17(13)22-18(21)15(16)19/h2-10H,1H3. The normalized spacial score (nSPS) is 11.2. The van der Waals surface area contributed by atoms with E-state index in [1.54, 1.807) is 11.3 Å². The van der Waals surface area contributed by atoms with E-state index in [0.29, 0.717) is 11.3 Å². The van der Waals surface area contributed by atoms with E-state index in [0.717, 1.165) is 21.2 Å². The van der Waals surface area contributed by atoms with Crippen molar-refractivity contribution in [3.63, 3.8) is 0 Å². The third-order valence-corrected chi connectivity index (χ3v) is 5.12. The van der Waals surface area contributed by atoms with Crippen LogP contribution in [0.1, 0.15) is 0 Å². The molecule has 0 unspecified atom stereocenters. The average Bonchev–Trinajstić information content (AvgIpc) is 3.05. The number of para-hydroxylation sites is 1. The summed E-state index contributed by atoms with van der Waals surface area (Å²) < 4.78 is 6.56. The smallest absolute Gasteiger partial charge is 0.357 e. The molecular formula is C18H12ClNO2S. The molecule has 0 atom stereocenters. The maximum Gasteiger partial charge on any atom is 0.357 e. The zero-order valence-electron chi connectivity index (χ0n) is 12.2. The average molecular weight is 342 g/mol. The van der Waals surface area contributed by atoms with Gasteiger partial charge in [-0.2, -0.15) is 0 Å². The van der Waals surface area contributed by atoms with Crippen LogP contribution in [0.4, 0.5) is 11.4 Å². The Kier molecular flexibility index (Phi) is 3.36. The first-order valence-electron chi connectivity index (χ1n) is 7.08. The number of rotatable bonds is 2. The Hall–Kier alpha value is -2.30. The molecule has 2 aromatic carbocycles. The van der Waals surface area contributed by atoms with Gasteiger partial charge in [-0.05, 0) is 35.7 Å². The van der Waals surface area contributed by atoms with Crippen molar-refractivity contribution < 1.29 is 4.42 Å². The predicted octanol–water partition coefficient (Wildman–Crippen LogP) is 5.43. The molecule has 23 heavy (non-hydrogen) atoms. The van der Waals surface area contributed by atoms with Crippen molar-refractivity contribution in [2.75, 3.05) is 11.9 Å². The molecule has 0 saturated carbocycles. The van der Waals surface area contributed by atoms with Crippen LogP contribution in [-0.2, 0) is 0 Å². The van der Waals surface area contributed by atoms with Crippen LogP contribution in [-0.4, -0.2) is 7.05 Å². The molecule has 0 aliphatic heterocycles. The van der Waals surface area contributed by atoms with Crippen molar-refractivity contribution in [2.45, 2.75) is 0 Å². The fourth-order valence-corrected chi connectivity index (χ4v) is 3.83. The number of hydrogen-bond acceptors (Lipinski definition) is 4. The maximum absolute atomic E-state index is 12.2. The Morgan fingerprint density at radius 2 is 1.83 bits per heavy atom. The van der Waals surface area contributed by atoms with Crippen molar-refractivity contribution >= 4 is 55.4 Å². The van der Waals surface area contributed by atoms with Crippen molar-refractivity contribution in [3.05, 3.63) is 69.4 Å². The van der Waals surface area contributed by atoms with Gasteiger partial charge in [-0.1, -0.05) is 29.8 Å². The summed E-state index contributed by atoms with van der Waals surface area (Å²) in [5.41, 5.74) is 1.68. The van der Waals surface area contributed by atoms with Crippen LogP contribution in [0.2, 0.25) is 5.02 Å². The van der Waals surface area contributed by atoms with Gasteiger partial charge in [0.05, 0.1) is 5.69 Å². The first-order chi connectivity index (χ1) is 11.2. The van der Waals surface area contributed by atoms with Crippen molar-refractivity contribution in [1.82, 2.24) is 0 Å². The van der Waals surface area contributed by atoms with Gasteiger partial charge in [0.15, 0.2) is 5.02 Å². The summed E-state index contributed by atoms with van der Waals surface area (Å²) in [6.07, 6.45) is 0. The molecule has 0 fully saturated rings. The van der Waals surface area contributed by atoms with Crippen LogP contribution in [0, 0.1) is 0 Å². The number of fused-ring (bicyclic) bond motifs is 3. The van der Waals surface area contributed by atoms with E-state index >= 15 is 0 Å². The van der Waals surface area contributed by atoms with E-state index in [4.69, 9.17) is 16.0 Å². The minimum atomic E-state index is -0.518. The quantitative estimate of drug-likeness (QED) is 0.456. The summed E-state index contributed by atoms with van der Waals surface area (Å²) in [6, 6.07) is 15.7. The number of anilines is 2. The number of benzene rings is 2. The lowest BCUT2D eigenvalue weighted by Crippen LogP contribution is -2.14. The second kappa shape index (κ2) is 5.41. The minimum Gasteiger partial charge on any atom is -0.421 e. The summed E-state index contributed by atoms with van der Waals surface area (Å²) in [6.45, 7) is 0. The highest BCUT2D eigenvalue weighted by atomic mass is 35.5. The third-order valence-electron chi connectivity index (χ3n) is 3.90. The number of halogens is 1. The zero-order chi connectivity index (χ0) is 16.0. The maximum atomic E-state index is 12.2. The molecule has 0 aliphatic carbocycles. The SMILES string of the molecule is CN(c1ccccc1)c1c(Cl)c(=O)oc2c1ccc1sccc12. The molecule has 5 heteroatoms. The van der Waals surface area contributed by atoms with Crippen LogP contribution < -0.4 is 10.5 Å². The van der Waals surface area contributed by atoms with Crippen LogP contribution >= 0.6 is 22.9 Å². The van der Waals surface area contributed by atoms with E-state index in [1.807, 2.05) is 65.9 Å². The van der Waals surface area contributed by atoms with Gasteiger partial charge in [-0.25, -0.2) is 4.79 Å². The van der Waals surface area contributed by atoms with Gasteiger partial charge in [0.1, 0.15) is 5.58 Å². The van der Waals surface area contributed by atoms with Crippen molar-refractivity contribution in [2.24, 2.45) is 0 Å². The fourth-order valence-electron chi connectivity index (χ4n) is 2.77. The van der Waals surface area contributed by atoms with Gasteiger partial charge in [0.2, 0.25) is 0 Å². The second-order valence-corrected chi connectivity index (χ2v) is 6.55. The number of hydrogen-bond donors (Lipinski definition) is 0. The molecule has 0 radical (unpaired) electrons. The molecule has 0 aliphatic rings. The fraction of sp³-hybridized carbons (Fsp3) is 0.0556. The van der Waals surface area contributed by atoms with E-state index in [1.165, 1.54) is 0 Å². The lowest BCUT2D eigenvalue weighted by molar-refractivity contribution is 0.564. The second-order valence-electron chi connectivity index (χ2n) is 5.22. The van der Waals surface area contributed by atoms with E-state index in [9.17, 15) is 4.79 Å². The van der Waals surface area contributed by atoms with E-state index < -0.39 is 5.63 Å². The monoisotopic (exact) mass is 341 g/mol. The highest BCUT2D eigenvalue weighted by Gasteiger charge is 2.19. The van der Waals surface area contributed by atoms with Crippen molar-refractivity contribution in [3.8, 4) is 0 Å². The molecule has 0 bridgehead atoms. The largest absolute Gasteiger partial charge is 0.421 e. The molecule has 0 N–H and O–H groups in total. The first kappa shape index (κ1) is 14.3. The minimum absolute atomic E-state index is 0.0958. The lowest BCUT2D eigenvalue weighted by Gasteiger charge is -2.21. The molecule has 0 spiro atoms. The van der Waals surface area contributed by atoms with Crippen molar-refractivity contribution in [1.29, 1.82) is 0 Å². The summed E-state index contributed by atoms with van der Waals surface area (Å²) in [7, 11) is 1.90. The Morgan fingerprint density at radius 1 is 1.04 bits per heavy atom. The highest BCUT2D eigenvalue weighted by molar-refractivity contribution is 7.17. The predicted molar refractivity (Wildman–Crippen MR) is 97.4 cm³/mol. The summed E-state index contributed by atoms with van der Waals surface area (Å²) >= 11 is 7.91. The zero-order valence-corrected chi connectivity index (χ0v) is 13.8. The molecule has 3 nitrogen and oxygen atoms in total. The van der Waals surface area contributed by atoms with Crippen LogP contribution in [0.25, 0.3) is 21.1 Å². The summed E-state index contributed by atoms with van der Waals surface area (Å²) in [5, 5.41) is 3.84. The summed E-state index contributed by atoms with van der Waals surface area (Å²) in [5.74, 6) is 0. The molecule has 2 heterocycles. The van der Waals surface area contributed by atoms with Crippen LogP contribution in [0.5, 0.6) is 0 Å². The Labute approximate surface area is 141 Å². The van der Waals surface area contributed by atoms with Gasteiger partial charge in [0.25, 0.3) is 0 Å². The van der Waals surface area contributed by atoms with Gasteiger partial charge in [-0.3, -0.25) is 0 Å². The molecule has 0 amide bonds. The first-order valence-corrected chi connectivity index (χ1v) is 8.34. The van der Waals surface area contributed by atoms with Gasteiger partial charge >= 0.3 is 5.63 Å². The van der Waals surface area contributed by atoms with Gasteiger partial charge in [0, 0.05) is 28.2 Å². The Morgan fingerprint density at radius 3 is 2.61 bits per heavy atom. The van der Waals surface area contributed by atoms with E-state index in [-0.39, 0.29) is 5.02 Å². The molecular weight excluding hydrogens is 330 g/mol. The molecule has 2 aromatic heterocycles.